The number of hydrogen-bond donors (Lipinski definition) is 2. The Morgan fingerprint density at radius 1 is 1.12 bits per heavy atom. The van der Waals surface area contributed by atoms with E-state index in [4.69, 9.17) is 4.74 Å². The normalized spacial score (nSPS) is 15.0. The van der Waals surface area contributed by atoms with E-state index in [1.807, 2.05) is 42.1 Å². The van der Waals surface area contributed by atoms with E-state index in [-0.39, 0.29) is 24.4 Å². The van der Waals surface area contributed by atoms with Crippen molar-refractivity contribution in [3.63, 3.8) is 0 Å². The first-order chi connectivity index (χ1) is 15.7. The molecule has 1 heterocycles. The highest BCUT2D eigenvalue weighted by Crippen LogP contribution is 2.30. The zero-order valence-electron chi connectivity index (χ0n) is 18.2. The lowest BCUT2D eigenvalue weighted by molar-refractivity contribution is -0.121. The van der Waals surface area contributed by atoms with Crippen LogP contribution in [-0.2, 0) is 17.8 Å². The quantitative estimate of drug-likeness (QED) is 0.572. The Balaban J connectivity index is 1.36. The maximum Gasteiger partial charge on any atom is 0.255 e. The SMILES string of the molecule is CCOc1ccccc1C(=O)NCC(=O)NC1CCCc2c1cnn2Cc1ccccc1. The number of nitrogens with one attached hydrogen (secondary N) is 2. The Hall–Kier alpha value is -3.61. The van der Waals surface area contributed by atoms with Crippen LogP contribution in [0.3, 0.4) is 0 Å². The van der Waals surface area contributed by atoms with Gasteiger partial charge in [0.15, 0.2) is 0 Å². The van der Waals surface area contributed by atoms with E-state index in [1.165, 1.54) is 11.3 Å². The number of aromatic nitrogens is 2. The van der Waals surface area contributed by atoms with Crippen molar-refractivity contribution in [1.82, 2.24) is 20.4 Å². The molecule has 0 saturated heterocycles. The minimum atomic E-state index is -0.329. The second-order valence-electron chi connectivity index (χ2n) is 7.81. The molecule has 2 aromatic carbocycles. The number of hydrogen-bond acceptors (Lipinski definition) is 4. The Kier molecular flexibility index (Phi) is 6.84. The molecular formula is C25H28N4O3. The van der Waals surface area contributed by atoms with Crippen LogP contribution in [0.4, 0.5) is 0 Å². The van der Waals surface area contributed by atoms with E-state index < -0.39 is 0 Å². The van der Waals surface area contributed by atoms with Gasteiger partial charge in [0.1, 0.15) is 5.75 Å². The number of carbonyl (C=O) groups excluding carboxylic acids is 2. The van der Waals surface area contributed by atoms with Gasteiger partial charge in [0.05, 0.1) is 37.5 Å². The third-order valence-corrected chi connectivity index (χ3v) is 5.61. The molecule has 2 amide bonds. The molecule has 32 heavy (non-hydrogen) atoms. The maximum atomic E-state index is 12.6. The number of ether oxygens (including phenoxy) is 1. The fourth-order valence-corrected chi connectivity index (χ4v) is 4.10. The molecule has 166 valence electrons. The predicted molar refractivity (Wildman–Crippen MR) is 122 cm³/mol. The Labute approximate surface area is 187 Å². The van der Waals surface area contributed by atoms with Crippen molar-refractivity contribution in [3.8, 4) is 5.75 Å². The number of para-hydroxylation sites is 1. The van der Waals surface area contributed by atoms with Crippen LogP contribution >= 0.6 is 0 Å². The molecule has 1 unspecified atom stereocenters. The van der Waals surface area contributed by atoms with Gasteiger partial charge < -0.3 is 15.4 Å². The summed E-state index contributed by atoms with van der Waals surface area (Å²) in [5.74, 6) is -0.0409. The molecule has 7 heteroatoms. The Bertz CT molecular complexity index is 1080. The lowest BCUT2D eigenvalue weighted by Crippen LogP contribution is -2.39. The monoisotopic (exact) mass is 432 g/mol. The number of fused-ring (bicyclic) bond motifs is 1. The molecule has 1 aliphatic carbocycles. The second kappa shape index (κ2) is 10.1. The van der Waals surface area contributed by atoms with Gasteiger partial charge in [0, 0.05) is 11.3 Å². The first-order valence-corrected chi connectivity index (χ1v) is 11.0. The summed E-state index contributed by atoms with van der Waals surface area (Å²) in [6.45, 7) is 2.95. The average molecular weight is 433 g/mol. The van der Waals surface area contributed by atoms with Crippen molar-refractivity contribution in [3.05, 3.63) is 83.2 Å². The summed E-state index contributed by atoms with van der Waals surface area (Å²) in [5.41, 5.74) is 3.84. The molecule has 1 aromatic heterocycles. The van der Waals surface area contributed by atoms with Crippen molar-refractivity contribution >= 4 is 11.8 Å². The topological polar surface area (TPSA) is 85.2 Å². The summed E-state index contributed by atoms with van der Waals surface area (Å²) >= 11 is 0. The van der Waals surface area contributed by atoms with Crippen molar-refractivity contribution in [2.24, 2.45) is 0 Å². The highest BCUT2D eigenvalue weighted by molar-refractivity contribution is 5.98. The third-order valence-electron chi connectivity index (χ3n) is 5.61. The molecule has 2 N–H and O–H groups in total. The molecule has 1 atom stereocenters. The van der Waals surface area contributed by atoms with E-state index in [0.29, 0.717) is 24.5 Å². The van der Waals surface area contributed by atoms with Crippen molar-refractivity contribution in [1.29, 1.82) is 0 Å². The number of amides is 2. The van der Waals surface area contributed by atoms with Crippen molar-refractivity contribution in [2.75, 3.05) is 13.2 Å². The Morgan fingerprint density at radius 3 is 2.72 bits per heavy atom. The summed E-state index contributed by atoms with van der Waals surface area (Å²) in [5, 5.41) is 10.3. The summed E-state index contributed by atoms with van der Waals surface area (Å²) < 4.78 is 7.52. The lowest BCUT2D eigenvalue weighted by Gasteiger charge is -2.24. The zero-order chi connectivity index (χ0) is 22.3. The number of benzene rings is 2. The van der Waals surface area contributed by atoms with E-state index in [0.717, 1.165) is 24.8 Å². The maximum absolute atomic E-state index is 12.6. The van der Waals surface area contributed by atoms with Crippen LogP contribution in [-0.4, -0.2) is 34.7 Å². The molecule has 0 aliphatic heterocycles. The van der Waals surface area contributed by atoms with Gasteiger partial charge in [0.2, 0.25) is 5.91 Å². The first-order valence-electron chi connectivity index (χ1n) is 11.0. The van der Waals surface area contributed by atoms with Gasteiger partial charge in [-0.15, -0.1) is 0 Å². The van der Waals surface area contributed by atoms with Gasteiger partial charge in [-0.3, -0.25) is 14.3 Å². The van der Waals surface area contributed by atoms with Crippen molar-refractivity contribution < 1.29 is 14.3 Å². The molecule has 7 nitrogen and oxygen atoms in total. The molecule has 3 aromatic rings. The van der Waals surface area contributed by atoms with E-state index in [2.05, 4.69) is 27.9 Å². The average Bonchev–Trinajstić information content (AvgIpc) is 3.22. The third kappa shape index (κ3) is 4.99. The number of rotatable bonds is 8. The minimum absolute atomic E-state index is 0.0940. The van der Waals surface area contributed by atoms with Crippen LogP contribution in [0.15, 0.2) is 60.8 Å². The Morgan fingerprint density at radius 2 is 1.91 bits per heavy atom. The fourth-order valence-electron chi connectivity index (χ4n) is 4.10. The van der Waals surface area contributed by atoms with Crippen LogP contribution in [0.25, 0.3) is 0 Å². The zero-order valence-corrected chi connectivity index (χ0v) is 18.2. The molecule has 0 saturated carbocycles. The highest BCUT2D eigenvalue weighted by Gasteiger charge is 2.26. The molecular weight excluding hydrogens is 404 g/mol. The molecule has 0 spiro atoms. The summed E-state index contributed by atoms with van der Waals surface area (Å²) in [4.78, 5) is 25.1. The van der Waals surface area contributed by atoms with Crippen LogP contribution < -0.4 is 15.4 Å². The van der Waals surface area contributed by atoms with Crippen LogP contribution in [0.5, 0.6) is 5.75 Å². The summed E-state index contributed by atoms with van der Waals surface area (Å²) in [6.07, 6.45) is 4.64. The standard InChI is InChI=1S/C25H28N4O3/c1-2-32-23-14-7-6-11-19(23)25(31)26-16-24(30)28-21-12-8-13-22-20(21)15-27-29(22)17-18-9-4-3-5-10-18/h3-7,9-11,14-15,21H,2,8,12-13,16-17H2,1H3,(H,26,31)(H,28,30). The molecule has 0 radical (unpaired) electrons. The summed E-state index contributed by atoms with van der Waals surface area (Å²) in [7, 11) is 0. The van der Waals surface area contributed by atoms with Crippen LogP contribution in [0.1, 0.15) is 53.0 Å². The fraction of sp³-hybridized carbons (Fsp3) is 0.320. The van der Waals surface area contributed by atoms with Gasteiger partial charge >= 0.3 is 0 Å². The molecule has 0 fully saturated rings. The highest BCUT2D eigenvalue weighted by atomic mass is 16.5. The van der Waals surface area contributed by atoms with Crippen LogP contribution in [0.2, 0.25) is 0 Å². The smallest absolute Gasteiger partial charge is 0.255 e. The van der Waals surface area contributed by atoms with Gasteiger partial charge in [-0.1, -0.05) is 42.5 Å². The van der Waals surface area contributed by atoms with Gasteiger partial charge in [-0.2, -0.15) is 5.10 Å². The summed E-state index contributed by atoms with van der Waals surface area (Å²) in [6, 6.07) is 17.1. The van der Waals surface area contributed by atoms with Crippen molar-refractivity contribution in [2.45, 2.75) is 38.8 Å². The lowest BCUT2D eigenvalue weighted by atomic mass is 9.93. The molecule has 4 rings (SSSR count). The van der Waals surface area contributed by atoms with Gasteiger partial charge in [-0.05, 0) is 43.9 Å². The largest absolute Gasteiger partial charge is 0.493 e. The molecule has 0 bridgehead atoms. The van der Waals surface area contributed by atoms with E-state index in [1.54, 1.807) is 18.2 Å². The number of carbonyl (C=O) groups is 2. The van der Waals surface area contributed by atoms with E-state index in [9.17, 15) is 9.59 Å². The minimum Gasteiger partial charge on any atom is -0.493 e. The first kappa shape index (κ1) is 21.6. The van der Waals surface area contributed by atoms with Crippen LogP contribution in [0, 0.1) is 0 Å². The second-order valence-corrected chi connectivity index (χ2v) is 7.81. The molecule has 1 aliphatic rings. The van der Waals surface area contributed by atoms with E-state index >= 15 is 0 Å². The number of nitrogens with zero attached hydrogens (tertiary/aromatic N) is 2. The predicted octanol–water partition coefficient (Wildman–Crippen LogP) is 3.25. The van der Waals surface area contributed by atoms with Gasteiger partial charge in [0.25, 0.3) is 5.91 Å². The van der Waals surface area contributed by atoms with Gasteiger partial charge in [-0.25, -0.2) is 0 Å².